The second-order valence-electron chi connectivity index (χ2n) is 7.52. The highest BCUT2D eigenvalue weighted by molar-refractivity contribution is 5.77. The molecule has 1 N–H and O–H groups in total. The van der Waals surface area contributed by atoms with Gasteiger partial charge >= 0.3 is 0 Å². The summed E-state index contributed by atoms with van der Waals surface area (Å²) >= 11 is 0. The molecule has 5 heteroatoms. The Bertz CT molecular complexity index is 915. The van der Waals surface area contributed by atoms with Crippen LogP contribution >= 0.6 is 0 Å². The van der Waals surface area contributed by atoms with Gasteiger partial charge in [-0.15, -0.1) is 0 Å². The average Bonchev–Trinajstić information content (AvgIpc) is 3.09. The van der Waals surface area contributed by atoms with Gasteiger partial charge in [0.2, 0.25) is 5.91 Å². The van der Waals surface area contributed by atoms with Crippen LogP contribution in [0.3, 0.4) is 0 Å². The predicted octanol–water partition coefficient (Wildman–Crippen LogP) is 3.01. The molecule has 1 aliphatic rings. The largest absolute Gasteiger partial charge is 0.344 e. The van der Waals surface area contributed by atoms with Crippen LogP contribution in [-0.2, 0) is 24.2 Å². The van der Waals surface area contributed by atoms with E-state index in [2.05, 4.69) is 46.2 Å². The van der Waals surface area contributed by atoms with E-state index in [4.69, 9.17) is 0 Å². The van der Waals surface area contributed by atoms with Gasteiger partial charge < -0.3 is 9.88 Å². The maximum atomic E-state index is 12.6. The molecule has 3 aromatic rings. The third kappa shape index (κ3) is 3.88. The topological polar surface area (TPSA) is 52.2 Å². The number of aromatic amines is 1. The number of amides is 1. The first-order valence-electron chi connectivity index (χ1n) is 9.55. The number of benzene rings is 2. The second kappa shape index (κ2) is 7.53. The van der Waals surface area contributed by atoms with E-state index in [1.165, 1.54) is 11.1 Å². The summed E-state index contributed by atoms with van der Waals surface area (Å²) in [5.41, 5.74) is 4.78. The molecule has 5 nitrogen and oxygen atoms in total. The van der Waals surface area contributed by atoms with Gasteiger partial charge in [0.05, 0.1) is 11.0 Å². The number of H-pyrrole nitrogens is 1. The van der Waals surface area contributed by atoms with Crippen LogP contribution in [0.5, 0.6) is 0 Å². The van der Waals surface area contributed by atoms with Crippen molar-refractivity contribution in [2.75, 3.05) is 20.6 Å². The number of nitrogens with zero attached hydrogens (tertiary/aromatic N) is 3. The Morgan fingerprint density at radius 1 is 1.19 bits per heavy atom. The summed E-state index contributed by atoms with van der Waals surface area (Å²) in [5, 5.41) is 0. The van der Waals surface area contributed by atoms with Crippen molar-refractivity contribution >= 4 is 16.9 Å². The molecular weight excluding hydrogens is 336 g/mol. The van der Waals surface area contributed by atoms with Crippen LogP contribution < -0.4 is 0 Å². The Labute approximate surface area is 160 Å². The fourth-order valence-electron chi connectivity index (χ4n) is 3.88. The van der Waals surface area contributed by atoms with E-state index < -0.39 is 0 Å². The molecule has 1 amide bonds. The molecule has 0 spiro atoms. The quantitative estimate of drug-likeness (QED) is 0.759. The van der Waals surface area contributed by atoms with Crippen LogP contribution in [0.2, 0.25) is 0 Å². The normalized spacial score (nSPS) is 17.0. The predicted molar refractivity (Wildman–Crippen MR) is 107 cm³/mol. The van der Waals surface area contributed by atoms with Crippen molar-refractivity contribution in [1.82, 2.24) is 19.8 Å². The van der Waals surface area contributed by atoms with E-state index in [1.54, 1.807) is 0 Å². The van der Waals surface area contributed by atoms with Gasteiger partial charge in [-0.1, -0.05) is 36.4 Å². The highest BCUT2D eigenvalue weighted by Crippen LogP contribution is 2.22. The number of fused-ring (bicyclic) bond motifs is 2. The first-order valence-corrected chi connectivity index (χ1v) is 9.55. The highest BCUT2D eigenvalue weighted by atomic mass is 16.2. The number of carbonyl (C=O) groups excluding carboxylic acids is 1. The number of aryl methyl sites for hydroxylation is 1. The van der Waals surface area contributed by atoms with Crippen molar-refractivity contribution in [2.45, 2.75) is 31.8 Å². The van der Waals surface area contributed by atoms with Gasteiger partial charge in [0.25, 0.3) is 0 Å². The van der Waals surface area contributed by atoms with Gasteiger partial charge in [-0.3, -0.25) is 9.69 Å². The van der Waals surface area contributed by atoms with Gasteiger partial charge in [0.1, 0.15) is 5.82 Å². The molecule has 0 saturated carbocycles. The summed E-state index contributed by atoms with van der Waals surface area (Å²) in [6.45, 7) is 1.70. The van der Waals surface area contributed by atoms with Crippen LogP contribution in [0.25, 0.3) is 11.0 Å². The third-order valence-electron chi connectivity index (χ3n) is 5.54. The SMILES string of the molecule is CN(CC1Cc2ccccc2CN1C)C(=O)CCc1nc2ccccc2[nH]1. The Morgan fingerprint density at radius 3 is 2.74 bits per heavy atom. The summed E-state index contributed by atoms with van der Waals surface area (Å²) in [5.74, 6) is 1.05. The fourth-order valence-corrected chi connectivity index (χ4v) is 3.88. The molecule has 0 aliphatic carbocycles. The van der Waals surface area contributed by atoms with Crippen LogP contribution in [-0.4, -0.2) is 52.4 Å². The molecular formula is C22H26N4O. The third-order valence-corrected chi connectivity index (χ3v) is 5.54. The van der Waals surface area contributed by atoms with Crippen molar-refractivity contribution in [3.8, 4) is 0 Å². The Hall–Kier alpha value is -2.66. The number of hydrogen-bond donors (Lipinski definition) is 1. The molecule has 2 aromatic carbocycles. The van der Waals surface area contributed by atoms with Crippen molar-refractivity contribution in [2.24, 2.45) is 0 Å². The highest BCUT2D eigenvalue weighted by Gasteiger charge is 2.25. The lowest BCUT2D eigenvalue weighted by molar-refractivity contribution is -0.130. The molecule has 0 radical (unpaired) electrons. The summed E-state index contributed by atoms with van der Waals surface area (Å²) in [7, 11) is 4.06. The van der Waals surface area contributed by atoms with Crippen LogP contribution in [0.15, 0.2) is 48.5 Å². The summed E-state index contributed by atoms with van der Waals surface area (Å²) < 4.78 is 0. The van der Waals surface area contributed by atoms with E-state index in [9.17, 15) is 4.79 Å². The number of aromatic nitrogens is 2. The monoisotopic (exact) mass is 362 g/mol. The zero-order chi connectivity index (χ0) is 18.8. The van der Waals surface area contributed by atoms with Gasteiger partial charge in [0, 0.05) is 39.0 Å². The number of rotatable bonds is 5. The van der Waals surface area contributed by atoms with Crippen molar-refractivity contribution in [3.63, 3.8) is 0 Å². The lowest BCUT2D eigenvalue weighted by atomic mass is 9.94. The van der Waals surface area contributed by atoms with E-state index in [0.29, 0.717) is 18.9 Å². The lowest BCUT2D eigenvalue weighted by Gasteiger charge is -2.36. The van der Waals surface area contributed by atoms with E-state index in [-0.39, 0.29) is 5.91 Å². The number of hydrogen-bond acceptors (Lipinski definition) is 3. The first-order chi connectivity index (χ1) is 13.1. The molecule has 1 atom stereocenters. The van der Waals surface area contributed by atoms with Crippen molar-refractivity contribution in [1.29, 1.82) is 0 Å². The average molecular weight is 362 g/mol. The minimum atomic E-state index is 0.169. The number of carbonyl (C=O) groups is 1. The molecule has 1 aliphatic heterocycles. The molecule has 2 heterocycles. The lowest BCUT2D eigenvalue weighted by Crippen LogP contribution is -2.46. The molecule has 1 unspecified atom stereocenters. The van der Waals surface area contributed by atoms with E-state index in [1.807, 2.05) is 36.2 Å². The van der Waals surface area contributed by atoms with Crippen LogP contribution in [0.1, 0.15) is 23.4 Å². The number of nitrogens with one attached hydrogen (secondary N) is 1. The molecule has 0 saturated heterocycles. The summed E-state index contributed by atoms with van der Waals surface area (Å²) in [6.07, 6.45) is 2.11. The summed E-state index contributed by atoms with van der Waals surface area (Å²) in [6, 6.07) is 16.9. The summed E-state index contributed by atoms with van der Waals surface area (Å²) in [4.78, 5) is 24.7. The Balaban J connectivity index is 1.34. The first kappa shape index (κ1) is 17.7. The zero-order valence-corrected chi connectivity index (χ0v) is 16.0. The molecule has 27 heavy (non-hydrogen) atoms. The van der Waals surface area contributed by atoms with Gasteiger partial charge in [0.15, 0.2) is 0 Å². The molecule has 140 valence electrons. The Morgan fingerprint density at radius 2 is 1.93 bits per heavy atom. The minimum absolute atomic E-state index is 0.169. The second-order valence-corrected chi connectivity index (χ2v) is 7.52. The Kier molecular flexibility index (Phi) is 4.94. The number of imidazole rings is 1. The maximum absolute atomic E-state index is 12.6. The minimum Gasteiger partial charge on any atom is -0.344 e. The van der Waals surface area contributed by atoms with Gasteiger partial charge in [-0.25, -0.2) is 4.98 Å². The van der Waals surface area contributed by atoms with Crippen LogP contribution in [0, 0.1) is 0 Å². The maximum Gasteiger partial charge on any atom is 0.222 e. The molecule has 0 fully saturated rings. The van der Waals surface area contributed by atoms with Crippen LogP contribution in [0.4, 0.5) is 0 Å². The number of para-hydroxylation sites is 2. The molecule has 4 rings (SSSR count). The van der Waals surface area contributed by atoms with Gasteiger partial charge in [-0.2, -0.15) is 0 Å². The standard InChI is InChI=1S/C22H26N4O/c1-25-14-17-8-4-3-7-16(17)13-18(25)15-26(2)22(27)12-11-21-23-19-9-5-6-10-20(19)24-21/h3-10,18H,11-15H2,1-2H3,(H,23,24). The fraction of sp³-hybridized carbons (Fsp3) is 0.364. The smallest absolute Gasteiger partial charge is 0.222 e. The van der Waals surface area contributed by atoms with E-state index >= 15 is 0 Å². The zero-order valence-electron chi connectivity index (χ0n) is 16.0. The molecule has 0 bridgehead atoms. The molecule has 1 aromatic heterocycles. The van der Waals surface area contributed by atoms with Gasteiger partial charge in [-0.05, 0) is 36.7 Å². The van der Waals surface area contributed by atoms with E-state index in [0.717, 1.165) is 36.4 Å². The van der Waals surface area contributed by atoms with Crippen molar-refractivity contribution < 1.29 is 4.79 Å². The number of likely N-dealkylation sites (N-methyl/N-ethyl adjacent to an activating group) is 2. The van der Waals surface area contributed by atoms with Crippen molar-refractivity contribution in [3.05, 3.63) is 65.5 Å².